The number of fused-ring (bicyclic) bond motifs is 1. The summed E-state index contributed by atoms with van der Waals surface area (Å²) < 4.78 is 0. The first-order valence-electron chi connectivity index (χ1n) is 8.44. The number of rotatable bonds is 5. The van der Waals surface area contributed by atoms with Gasteiger partial charge in [-0.25, -0.2) is 9.97 Å². The van der Waals surface area contributed by atoms with Gasteiger partial charge in [0.2, 0.25) is 0 Å². The minimum absolute atomic E-state index is 0.377. The molecule has 26 heavy (non-hydrogen) atoms. The summed E-state index contributed by atoms with van der Waals surface area (Å²) in [5.74, 6) is 0.677. The lowest BCUT2D eigenvalue weighted by Gasteiger charge is -2.13. The van der Waals surface area contributed by atoms with E-state index < -0.39 is 6.10 Å². The molecule has 2 heterocycles. The van der Waals surface area contributed by atoms with Gasteiger partial charge < -0.3 is 10.4 Å². The Hall–Kier alpha value is -3.31. The van der Waals surface area contributed by atoms with Gasteiger partial charge in [0.25, 0.3) is 0 Å². The van der Waals surface area contributed by atoms with Crippen molar-refractivity contribution in [3.63, 3.8) is 0 Å². The van der Waals surface area contributed by atoms with Crippen LogP contribution in [0, 0.1) is 0 Å². The Morgan fingerprint density at radius 3 is 2.65 bits per heavy atom. The molecule has 4 aromatic rings. The summed E-state index contributed by atoms with van der Waals surface area (Å²) in [5.41, 5.74) is 3.65. The van der Waals surface area contributed by atoms with Crippen molar-refractivity contribution >= 4 is 16.7 Å². The number of hydrogen-bond acceptors (Lipinski definition) is 5. The average molecular weight is 342 g/mol. The van der Waals surface area contributed by atoms with Crippen LogP contribution in [0.3, 0.4) is 0 Å². The lowest BCUT2D eigenvalue weighted by Crippen LogP contribution is -2.13. The summed E-state index contributed by atoms with van der Waals surface area (Å²) >= 11 is 0. The van der Waals surface area contributed by atoms with Crippen molar-refractivity contribution in [1.29, 1.82) is 0 Å². The average Bonchev–Trinajstić information content (AvgIpc) is 2.72. The van der Waals surface area contributed by atoms with Gasteiger partial charge in [0.1, 0.15) is 12.1 Å². The highest BCUT2D eigenvalue weighted by atomic mass is 16.3. The van der Waals surface area contributed by atoms with E-state index in [1.54, 1.807) is 6.20 Å². The Balaban J connectivity index is 1.52. The molecule has 2 N–H and O–H groups in total. The molecule has 1 atom stereocenters. The van der Waals surface area contributed by atoms with Crippen LogP contribution in [-0.2, 0) is 0 Å². The summed E-state index contributed by atoms with van der Waals surface area (Å²) in [6.45, 7) is 0.377. The van der Waals surface area contributed by atoms with Gasteiger partial charge in [-0.1, -0.05) is 42.5 Å². The lowest BCUT2D eigenvalue weighted by atomic mass is 10.1. The highest BCUT2D eigenvalue weighted by Gasteiger charge is 2.08. The van der Waals surface area contributed by atoms with Crippen LogP contribution in [0.15, 0.2) is 79.3 Å². The summed E-state index contributed by atoms with van der Waals surface area (Å²) in [6, 6.07) is 21.4. The highest BCUT2D eigenvalue weighted by molar-refractivity contribution is 5.83. The van der Waals surface area contributed by atoms with Gasteiger partial charge in [0.05, 0.1) is 17.3 Å². The number of hydrogen-bond donors (Lipinski definition) is 2. The van der Waals surface area contributed by atoms with E-state index in [0.29, 0.717) is 12.4 Å². The van der Waals surface area contributed by atoms with Crippen molar-refractivity contribution in [2.45, 2.75) is 6.10 Å². The van der Waals surface area contributed by atoms with Gasteiger partial charge in [-0.15, -0.1) is 0 Å². The number of benzene rings is 2. The Morgan fingerprint density at radius 2 is 1.77 bits per heavy atom. The molecule has 2 aromatic heterocycles. The van der Waals surface area contributed by atoms with Crippen molar-refractivity contribution < 1.29 is 5.11 Å². The fourth-order valence-corrected chi connectivity index (χ4v) is 2.84. The van der Waals surface area contributed by atoms with E-state index in [0.717, 1.165) is 27.7 Å². The number of aromatic nitrogens is 3. The highest BCUT2D eigenvalue weighted by Crippen LogP contribution is 2.23. The van der Waals surface area contributed by atoms with E-state index in [-0.39, 0.29) is 0 Å². The Labute approximate surface area is 151 Å². The molecule has 128 valence electrons. The number of nitrogens with one attached hydrogen (secondary N) is 1. The van der Waals surface area contributed by atoms with Crippen LogP contribution in [0.1, 0.15) is 11.7 Å². The second kappa shape index (κ2) is 7.29. The van der Waals surface area contributed by atoms with Crippen LogP contribution in [0.25, 0.3) is 22.2 Å². The van der Waals surface area contributed by atoms with Gasteiger partial charge in [-0.3, -0.25) is 4.98 Å². The second-order valence-corrected chi connectivity index (χ2v) is 6.01. The molecule has 0 aliphatic heterocycles. The smallest absolute Gasteiger partial charge is 0.130 e. The van der Waals surface area contributed by atoms with Crippen LogP contribution in [0.5, 0.6) is 0 Å². The van der Waals surface area contributed by atoms with Gasteiger partial charge in [0.15, 0.2) is 0 Å². The van der Waals surface area contributed by atoms with Gasteiger partial charge in [-0.05, 0) is 23.8 Å². The first-order valence-corrected chi connectivity index (χ1v) is 8.44. The van der Waals surface area contributed by atoms with E-state index in [1.165, 1.54) is 6.33 Å². The van der Waals surface area contributed by atoms with E-state index >= 15 is 0 Å². The van der Waals surface area contributed by atoms with Gasteiger partial charge in [-0.2, -0.15) is 0 Å². The van der Waals surface area contributed by atoms with Crippen molar-refractivity contribution in [1.82, 2.24) is 15.0 Å². The molecule has 0 saturated heterocycles. The molecule has 4 rings (SSSR count). The molecule has 0 fully saturated rings. The molecule has 0 aliphatic rings. The number of anilines is 1. The summed E-state index contributed by atoms with van der Waals surface area (Å²) in [7, 11) is 0. The molecule has 0 saturated carbocycles. The topological polar surface area (TPSA) is 70.9 Å². The minimum Gasteiger partial charge on any atom is -0.387 e. The second-order valence-electron chi connectivity index (χ2n) is 6.01. The maximum absolute atomic E-state index is 10.3. The molecule has 5 heteroatoms. The summed E-state index contributed by atoms with van der Waals surface area (Å²) in [4.78, 5) is 13.0. The molecule has 0 amide bonds. The van der Waals surface area contributed by atoms with Crippen LogP contribution < -0.4 is 5.32 Å². The van der Waals surface area contributed by atoms with Crippen molar-refractivity contribution in [3.05, 3.63) is 84.8 Å². The summed E-state index contributed by atoms with van der Waals surface area (Å²) in [6.07, 6.45) is 2.72. The Morgan fingerprint density at radius 1 is 0.885 bits per heavy atom. The van der Waals surface area contributed by atoms with E-state index in [1.807, 2.05) is 60.7 Å². The lowest BCUT2D eigenvalue weighted by molar-refractivity contribution is 0.191. The van der Waals surface area contributed by atoms with Crippen molar-refractivity contribution in [2.24, 2.45) is 0 Å². The van der Waals surface area contributed by atoms with Gasteiger partial charge >= 0.3 is 0 Å². The predicted molar refractivity (Wildman–Crippen MR) is 103 cm³/mol. The molecule has 0 spiro atoms. The number of aliphatic hydroxyl groups is 1. The predicted octanol–water partition coefficient (Wildman–Crippen LogP) is 3.84. The maximum atomic E-state index is 10.3. The third-order valence-corrected chi connectivity index (χ3v) is 4.23. The van der Waals surface area contributed by atoms with Crippen LogP contribution in [0.2, 0.25) is 0 Å². The number of nitrogens with zero attached hydrogens (tertiary/aromatic N) is 3. The molecular weight excluding hydrogens is 324 g/mol. The molecule has 0 radical (unpaired) electrons. The third kappa shape index (κ3) is 3.53. The van der Waals surface area contributed by atoms with E-state index in [2.05, 4.69) is 26.3 Å². The van der Waals surface area contributed by atoms with Gasteiger partial charge in [0, 0.05) is 29.8 Å². The molecule has 0 bridgehead atoms. The standard InChI is InChI=1S/C21H18N4O/c26-20(15-5-2-1-3-6-15)13-23-21-12-19(24-14-25-21)17-8-9-18-16(11-17)7-4-10-22-18/h1-12,14,20,26H,13H2,(H,23,24,25)/t20-/m0/s1. The fourth-order valence-electron chi connectivity index (χ4n) is 2.84. The van der Waals surface area contributed by atoms with E-state index in [4.69, 9.17) is 0 Å². The molecule has 0 aliphatic carbocycles. The summed E-state index contributed by atoms with van der Waals surface area (Å²) in [5, 5.41) is 14.5. The zero-order valence-corrected chi connectivity index (χ0v) is 14.1. The zero-order chi connectivity index (χ0) is 17.8. The zero-order valence-electron chi connectivity index (χ0n) is 14.1. The van der Waals surface area contributed by atoms with E-state index in [9.17, 15) is 5.11 Å². The number of pyridine rings is 1. The van der Waals surface area contributed by atoms with Crippen molar-refractivity contribution in [3.8, 4) is 11.3 Å². The first-order chi connectivity index (χ1) is 12.8. The van der Waals surface area contributed by atoms with Crippen LogP contribution in [0.4, 0.5) is 5.82 Å². The Kier molecular flexibility index (Phi) is 4.53. The largest absolute Gasteiger partial charge is 0.387 e. The fraction of sp³-hybridized carbons (Fsp3) is 0.0952. The number of aliphatic hydroxyl groups excluding tert-OH is 1. The minimum atomic E-state index is -0.596. The quantitative estimate of drug-likeness (QED) is 0.577. The SMILES string of the molecule is O[C@@H](CNc1cc(-c2ccc3ncccc3c2)ncn1)c1ccccc1. The normalized spacial score (nSPS) is 12.0. The maximum Gasteiger partial charge on any atom is 0.130 e. The molecule has 2 aromatic carbocycles. The third-order valence-electron chi connectivity index (χ3n) is 4.23. The Bertz CT molecular complexity index is 1020. The molecular formula is C21H18N4O. The van der Waals surface area contributed by atoms with Crippen molar-refractivity contribution in [2.75, 3.05) is 11.9 Å². The van der Waals surface area contributed by atoms with Crippen LogP contribution in [-0.4, -0.2) is 26.6 Å². The molecule has 0 unspecified atom stereocenters. The monoisotopic (exact) mass is 342 g/mol. The molecule has 5 nitrogen and oxygen atoms in total. The van der Waals surface area contributed by atoms with Crippen LogP contribution >= 0.6 is 0 Å². The first kappa shape index (κ1) is 16.2.